The maximum Gasteiger partial charge on any atom is 0.252 e. The van der Waals surface area contributed by atoms with Crippen LogP contribution in [0.3, 0.4) is 0 Å². The number of nitrogens with two attached hydrogens (primary N) is 1. The molecule has 1 aliphatic heterocycles. The summed E-state index contributed by atoms with van der Waals surface area (Å²) in [7, 11) is 0. The molecule has 2 aliphatic rings. The zero-order valence-corrected chi connectivity index (χ0v) is 22.1. The van der Waals surface area contributed by atoms with E-state index in [4.69, 9.17) is 11.0 Å². The standard InChI is InChI=1S/C30H28F2N6O3/c31-24-12-22(18-4-2-1-3-5-18)26(39)11-20(24)15-37-9-7-30(6-8-33,28(32)17-37)38-16-23(29(35)41)25(36-38)13-27(40)21-10-19(21)14-34/h1-5,11-12,16,19,21,28,39H,6-7,9-10,13,15,17H2,(H2,35,41). The minimum atomic E-state index is -1.63. The third kappa shape index (κ3) is 5.41. The molecule has 210 valence electrons. The fourth-order valence-electron chi connectivity index (χ4n) is 5.59. The largest absolute Gasteiger partial charge is 0.507 e. The van der Waals surface area contributed by atoms with E-state index in [1.807, 2.05) is 12.1 Å². The smallest absolute Gasteiger partial charge is 0.252 e. The summed E-state index contributed by atoms with van der Waals surface area (Å²) >= 11 is 0. The normalized spacial score (nSPS) is 23.9. The minimum absolute atomic E-state index is 0.0319. The van der Waals surface area contributed by atoms with E-state index < -0.39 is 29.4 Å². The topological polar surface area (TPSA) is 149 Å². The molecule has 2 fully saturated rings. The molecule has 4 atom stereocenters. The Morgan fingerprint density at radius 3 is 2.61 bits per heavy atom. The first kappa shape index (κ1) is 27.9. The van der Waals surface area contributed by atoms with E-state index in [9.17, 15) is 20.0 Å². The van der Waals surface area contributed by atoms with Crippen molar-refractivity contribution in [1.29, 1.82) is 10.5 Å². The first-order chi connectivity index (χ1) is 19.7. The highest BCUT2D eigenvalue weighted by Crippen LogP contribution is 2.40. The Labute approximate surface area is 235 Å². The van der Waals surface area contributed by atoms with Crippen LogP contribution >= 0.6 is 0 Å². The van der Waals surface area contributed by atoms with Crippen LogP contribution in [0.4, 0.5) is 8.78 Å². The summed E-state index contributed by atoms with van der Waals surface area (Å²) in [6, 6.07) is 15.6. The molecule has 11 heteroatoms. The number of benzene rings is 2. The lowest BCUT2D eigenvalue weighted by Gasteiger charge is -2.43. The zero-order chi connectivity index (χ0) is 29.3. The van der Waals surface area contributed by atoms with Crippen molar-refractivity contribution in [1.82, 2.24) is 14.7 Å². The van der Waals surface area contributed by atoms with E-state index in [0.717, 1.165) is 0 Å². The fourth-order valence-corrected chi connectivity index (χ4v) is 5.59. The molecular weight excluding hydrogens is 530 g/mol. The molecule has 0 spiro atoms. The van der Waals surface area contributed by atoms with E-state index in [1.54, 1.807) is 29.2 Å². The van der Waals surface area contributed by atoms with E-state index in [0.29, 0.717) is 17.5 Å². The number of hydrogen-bond donors (Lipinski definition) is 2. The summed E-state index contributed by atoms with van der Waals surface area (Å²) in [6.07, 6.45) is -0.248. The first-order valence-corrected chi connectivity index (χ1v) is 13.3. The van der Waals surface area contributed by atoms with Gasteiger partial charge in [0.05, 0.1) is 42.2 Å². The van der Waals surface area contributed by atoms with Crippen LogP contribution in [-0.2, 0) is 23.3 Å². The summed E-state index contributed by atoms with van der Waals surface area (Å²) in [5.74, 6) is -2.47. The van der Waals surface area contributed by atoms with Gasteiger partial charge in [-0.1, -0.05) is 30.3 Å². The van der Waals surface area contributed by atoms with Gasteiger partial charge < -0.3 is 10.8 Å². The number of halogens is 2. The monoisotopic (exact) mass is 558 g/mol. The van der Waals surface area contributed by atoms with Gasteiger partial charge in [-0.25, -0.2) is 8.78 Å². The number of amides is 1. The second kappa shape index (κ2) is 11.1. The van der Waals surface area contributed by atoms with Gasteiger partial charge in [-0.05, 0) is 30.5 Å². The van der Waals surface area contributed by atoms with Crippen LogP contribution in [0, 0.1) is 40.3 Å². The van der Waals surface area contributed by atoms with Crippen molar-refractivity contribution in [3.63, 3.8) is 0 Å². The molecule has 0 bridgehead atoms. The van der Waals surface area contributed by atoms with Crippen LogP contribution in [0.15, 0.2) is 48.7 Å². The number of phenols is 1. The van der Waals surface area contributed by atoms with Crippen LogP contribution in [0.25, 0.3) is 11.1 Å². The molecule has 1 saturated carbocycles. The number of phenolic OH excluding ortho intramolecular Hbond substituents is 1. The number of Topliss-reactive ketones (excluding diaryl/α,β-unsaturated/α-hetero) is 1. The number of carbonyl (C=O) groups excluding carboxylic acids is 2. The second-order valence-corrected chi connectivity index (χ2v) is 10.7. The molecule has 1 saturated heterocycles. The second-order valence-electron chi connectivity index (χ2n) is 10.7. The van der Waals surface area contributed by atoms with Gasteiger partial charge >= 0.3 is 0 Å². The summed E-state index contributed by atoms with van der Waals surface area (Å²) in [5, 5.41) is 33.6. The number of carbonyl (C=O) groups is 2. The van der Waals surface area contributed by atoms with E-state index in [1.165, 1.54) is 23.0 Å². The van der Waals surface area contributed by atoms with Crippen molar-refractivity contribution in [2.45, 2.75) is 43.9 Å². The highest BCUT2D eigenvalue weighted by atomic mass is 19.1. The molecule has 2 heterocycles. The Bertz CT molecular complexity index is 1580. The SMILES string of the molecule is N#CCC1(n2cc(C(N)=O)c(CC(=O)C3CC3C#N)n2)CCN(Cc2cc(O)c(-c3ccccc3)cc2F)CC1F. The Morgan fingerprint density at radius 2 is 1.98 bits per heavy atom. The van der Waals surface area contributed by atoms with Crippen LogP contribution in [0.1, 0.15) is 40.9 Å². The molecule has 3 N–H and O–H groups in total. The number of ketones is 1. The molecule has 0 radical (unpaired) electrons. The van der Waals surface area contributed by atoms with E-state index in [-0.39, 0.29) is 73.2 Å². The van der Waals surface area contributed by atoms with Gasteiger partial charge in [0, 0.05) is 42.9 Å². The summed E-state index contributed by atoms with van der Waals surface area (Å²) in [6.45, 7) is 0.146. The van der Waals surface area contributed by atoms with Crippen molar-refractivity contribution < 1.29 is 23.5 Å². The number of nitrogens with zero attached hydrogens (tertiary/aromatic N) is 5. The lowest BCUT2D eigenvalue weighted by Crippen LogP contribution is -2.54. The van der Waals surface area contributed by atoms with Gasteiger partial charge in [-0.3, -0.25) is 19.2 Å². The number of likely N-dealkylation sites (tertiary alicyclic amines) is 1. The minimum Gasteiger partial charge on any atom is -0.507 e. The van der Waals surface area contributed by atoms with Gasteiger partial charge in [0.15, 0.2) is 0 Å². The van der Waals surface area contributed by atoms with Gasteiger partial charge in [-0.2, -0.15) is 15.6 Å². The van der Waals surface area contributed by atoms with Crippen molar-refractivity contribution in [3.05, 3.63) is 71.3 Å². The van der Waals surface area contributed by atoms with Crippen LogP contribution < -0.4 is 5.73 Å². The van der Waals surface area contributed by atoms with Crippen LogP contribution in [0.2, 0.25) is 0 Å². The molecule has 3 aromatic rings. The van der Waals surface area contributed by atoms with Crippen molar-refractivity contribution in [2.24, 2.45) is 17.6 Å². The van der Waals surface area contributed by atoms with Crippen LogP contribution in [-0.4, -0.2) is 50.7 Å². The number of rotatable bonds is 9. The Kier molecular flexibility index (Phi) is 7.57. The molecule has 4 unspecified atom stereocenters. The number of piperidine rings is 1. The molecule has 9 nitrogen and oxygen atoms in total. The van der Waals surface area contributed by atoms with E-state index >= 15 is 8.78 Å². The third-order valence-electron chi connectivity index (χ3n) is 8.12. The fraction of sp³-hybridized carbons (Fsp3) is 0.367. The van der Waals surface area contributed by atoms with Gasteiger partial charge in [0.2, 0.25) is 0 Å². The summed E-state index contributed by atoms with van der Waals surface area (Å²) in [4.78, 5) is 26.5. The predicted octanol–water partition coefficient (Wildman–Crippen LogP) is 3.62. The average Bonchev–Trinajstić information content (AvgIpc) is 3.63. The first-order valence-electron chi connectivity index (χ1n) is 13.3. The van der Waals surface area contributed by atoms with Crippen molar-refractivity contribution in [2.75, 3.05) is 13.1 Å². The van der Waals surface area contributed by atoms with Gasteiger partial charge in [-0.15, -0.1) is 0 Å². The van der Waals surface area contributed by atoms with Crippen molar-refractivity contribution >= 4 is 11.7 Å². The molecule has 1 amide bonds. The lowest BCUT2D eigenvalue weighted by molar-refractivity contribution is -0.119. The third-order valence-corrected chi connectivity index (χ3v) is 8.12. The lowest BCUT2D eigenvalue weighted by atomic mass is 9.83. The predicted molar refractivity (Wildman–Crippen MR) is 143 cm³/mol. The highest BCUT2D eigenvalue weighted by Gasteiger charge is 2.47. The molecule has 5 rings (SSSR count). The number of aromatic hydroxyl groups is 1. The van der Waals surface area contributed by atoms with Crippen LogP contribution in [0.5, 0.6) is 5.75 Å². The molecule has 1 aromatic heterocycles. The average molecular weight is 559 g/mol. The van der Waals surface area contributed by atoms with Gasteiger partial charge in [0.1, 0.15) is 29.1 Å². The molecular formula is C30H28F2N6O3. The number of primary amides is 1. The molecule has 41 heavy (non-hydrogen) atoms. The quantitative estimate of drug-likeness (QED) is 0.407. The summed E-state index contributed by atoms with van der Waals surface area (Å²) in [5.41, 5.74) is 5.38. The Balaban J connectivity index is 1.35. The van der Waals surface area contributed by atoms with Gasteiger partial charge in [0.25, 0.3) is 5.91 Å². The van der Waals surface area contributed by atoms with Crippen molar-refractivity contribution in [3.8, 4) is 29.0 Å². The highest BCUT2D eigenvalue weighted by molar-refractivity contribution is 5.96. The Hall–Kier alpha value is -4.61. The molecule has 2 aromatic carbocycles. The number of aromatic nitrogens is 2. The maximum atomic E-state index is 16.0. The number of alkyl halides is 1. The Morgan fingerprint density at radius 1 is 1.22 bits per heavy atom. The number of nitriles is 2. The maximum absolute atomic E-state index is 16.0. The molecule has 1 aliphatic carbocycles. The summed E-state index contributed by atoms with van der Waals surface area (Å²) < 4.78 is 32.3. The number of hydrogen-bond acceptors (Lipinski definition) is 7. The van der Waals surface area contributed by atoms with E-state index in [2.05, 4.69) is 11.2 Å². The zero-order valence-electron chi connectivity index (χ0n) is 22.1.